The molecule has 19 heavy (non-hydrogen) atoms. The maximum atomic E-state index is 12.0. The molecule has 0 fully saturated rings. The van der Waals surface area contributed by atoms with Gasteiger partial charge in [0.2, 0.25) is 10.0 Å². The summed E-state index contributed by atoms with van der Waals surface area (Å²) in [7, 11) is -3.44. The van der Waals surface area contributed by atoms with Crippen molar-refractivity contribution in [2.45, 2.75) is 16.8 Å². The second kappa shape index (κ2) is 6.32. The molecular formula is C14H14BrNO2S. The predicted molar refractivity (Wildman–Crippen MR) is 79.5 cm³/mol. The minimum absolute atomic E-state index is 0.284. The maximum Gasteiger partial charge on any atom is 0.240 e. The summed E-state index contributed by atoms with van der Waals surface area (Å²) < 4.78 is 26.7. The van der Waals surface area contributed by atoms with Crippen LogP contribution in [0.25, 0.3) is 0 Å². The van der Waals surface area contributed by atoms with Crippen molar-refractivity contribution in [2.75, 3.05) is 0 Å². The Morgan fingerprint density at radius 3 is 2.32 bits per heavy atom. The van der Waals surface area contributed by atoms with Crippen LogP contribution >= 0.6 is 15.9 Å². The lowest BCUT2D eigenvalue weighted by Crippen LogP contribution is -2.23. The zero-order valence-corrected chi connectivity index (χ0v) is 12.6. The van der Waals surface area contributed by atoms with Crippen molar-refractivity contribution in [3.63, 3.8) is 0 Å². The molecule has 0 atom stereocenters. The predicted octanol–water partition coefficient (Wildman–Crippen LogP) is 3.06. The quantitative estimate of drug-likeness (QED) is 0.851. The van der Waals surface area contributed by atoms with Crippen molar-refractivity contribution in [3.05, 3.63) is 65.7 Å². The van der Waals surface area contributed by atoms with Crippen LogP contribution in [0.4, 0.5) is 0 Å². The molecule has 0 aliphatic rings. The molecule has 0 saturated heterocycles. The summed E-state index contributed by atoms with van der Waals surface area (Å²) in [6.07, 6.45) is 0. The molecule has 0 bridgehead atoms. The van der Waals surface area contributed by atoms with E-state index in [2.05, 4.69) is 20.7 Å². The van der Waals surface area contributed by atoms with Gasteiger partial charge in [0.05, 0.1) is 4.90 Å². The molecule has 1 N–H and O–H groups in total. The second-order valence-corrected chi connectivity index (χ2v) is 6.42. The molecule has 100 valence electrons. The molecule has 0 heterocycles. The summed E-state index contributed by atoms with van der Waals surface area (Å²) in [4.78, 5) is 0.284. The normalized spacial score (nSPS) is 11.4. The zero-order chi connectivity index (χ0) is 13.7. The van der Waals surface area contributed by atoms with Crippen molar-refractivity contribution in [1.29, 1.82) is 0 Å². The molecule has 2 rings (SSSR count). The van der Waals surface area contributed by atoms with Gasteiger partial charge in [-0.05, 0) is 23.3 Å². The summed E-state index contributed by atoms with van der Waals surface area (Å²) >= 11 is 3.38. The van der Waals surface area contributed by atoms with E-state index >= 15 is 0 Å². The molecule has 2 aromatic rings. The van der Waals surface area contributed by atoms with Gasteiger partial charge >= 0.3 is 0 Å². The maximum absolute atomic E-state index is 12.0. The number of hydrogen-bond acceptors (Lipinski definition) is 2. The van der Waals surface area contributed by atoms with Crippen molar-refractivity contribution < 1.29 is 8.42 Å². The molecule has 0 spiro atoms. The highest BCUT2D eigenvalue weighted by atomic mass is 79.9. The first kappa shape index (κ1) is 14.2. The minimum atomic E-state index is -3.44. The number of alkyl halides is 1. The fourth-order valence-corrected chi connectivity index (χ4v) is 3.07. The van der Waals surface area contributed by atoms with Gasteiger partial charge in [0.25, 0.3) is 0 Å². The fourth-order valence-electron chi connectivity index (χ4n) is 1.68. The van der Waals surface area contributed by atoms with Crippen LogP contribution in [0.2, 0.25) is 0 Å². The van der Waals surface area contributed by atoms with Gasteiger partial charge in [-0.2, -0.15) is 0 Å². The highest BCUT2D eigenvalue weighted by Gasteiger charge is 2.12. The average Bonchev–Trinajstić information content (AvgIpc) is 2.46. The Balaban J connectivity index is 2.10. The smallest absolute Gasteiger partial charge is 0.207 e. The lowest BCUT2D eigenvalue weighted by molar-refractivity contribution is 0.581. The van der Waals surface area contributed by atoms with E-state index in [4.69, 9.17) is 0 Å². The fraction of sp³-hybridized carbons (Fsp3) is 0.143. The molecule has 2 aromatic carbocycles. The first-order chi connectivity index (χ1) is 9.12. The molecular weight excluding hydrogens is 326 g/mol. The van der Waals surface area contributed by atoms with E-state index in [1.54, 1.807) is 30.3 Å². The molecule has 0 unspecified atom stereocenters. The van der Waals surface area contributed by atoms with Gasteiger partial charge in [-0.3, -0.25) is 0 Å². The molecule has 5 heteroatoms. The first-order valence-corrected chi connectivity index (χ1v) is 8.41. The highest BCUT2D eigenvalue weighted by Crippen LogP contribution is 2.11. The molecule has 0 aromatic heterocycles. The Morgan fingerprint density at radius 1 is 0.947 bits per heavy atom. The topological polar surface area (TPSA) is 46.2 Å². The van der Waals surface area contributed by atoms with Gasteiger partial charge < -0.3 is 0 Å². The van der Waals surface area contributed by atoms with Gasteiger partial charge in [0, 0.05) is 11.9 Å². The Bertz CT molecular complexity index is 642. The summed E-state index contributed by atoms with van der Waals surface area (Å²) in [5, 5.41) is 0.756. The SMILES string of the molecule is O=S(=O)(NCc1cccc(CBr)c1)c1ccccc1. The molecule has 0 aliphatic heterocycles. The lowest BCUT2D eigenvalue weighted by Gasteiger charge is -2.07. The van der Waals surface area contributed by atoms with E-state index in [-0.39, 0.29) is 11.4 Å². The third kappa shape index (κ3) is 3.89. The molecule has 3 nitrogen and oxygen atoms in total. The first-order valence-electron chi connectivity index (χ1n) is 5.80. The Hall–Kier alpha value is -1.17. The van der Waals surface area contributed by atoms with Crippen molar-refractivity contribution in [3.8, 4) is 0 Å². The summed E-state index contributed by atoms with van der Waals surface area (Å²) in [5.74, 6) is 0. The van der Waals surface area contributed by atoms with Crippen LogP contribution in [-0.4, -0.2) is 8.42 Å². The second-order valence-electron chi connectivity index (χ2n) is 4.09. The Labute approximate surface area is 121 Å². The molecule has 0 saturated carbocycles. The average molecular weight is 340 g/mol. The third-order valence-electron chi connectivity index (χ3n) is 2.67. The van der Waals surface area contributed by atoms with Crippen LogP contribution in [0, 0.1) is 0 Å². The zero-order valence-electron chi connectivity index (χ0n) is 10.2. The van der Waals surface area contributed by atoms with E-state index in [1.165, 1.54) is 0 Å². The number of rotatable bonds is 5. The van der Waals surface area contributed by atoms with Crippen molar-refractivity contribution >= 4 is 26.0 Å². The number of benzene rings is 2. The van der Waals surface area contributed by atoms with E-state index in [0.29, 0.717) is 0 Å². The molecule has 0 amide bonds. The number of nitrogens with one attached hydrogen (secondary N) is 1. The van der Waals surface area contributed by atoms with Crippen LogP contribution in [-0.2, 0) is 21.9 Å². The number of sulfonamides is 1. The van der Waals surface area contributed by atoms with Crippen LogP contribution < -0.4 is 4.72 Å². The lowest BCUT2D eigenvalue weighted by atomic mass is 10.1. The van der Waals surface area contributed by atoms with Crippen molar-refractivity contribution in [1.82, 2.24) is 4.72 Å². The summed E-state index contributed by atoms with van der Waals surface area (Å²) in [5.41, 5.74) is 2.06. The summed E-state index contributed by atoms with van der Waals surface area (Å²) in [6.45, 7) is 0.290. The van der Waals surface area contributed by atoms with Crippen LogP contribution in [0.5, 0.6) is 0 Å². The third-order valence-corrected chi connectivity index (χ3v) is 4.73. The summed E-state index contributed by atoms with van der Waals surface area (Å²) in [6, 6.07) is 16.2. The number of hydrogen-bond donors (Lipinski definition) is 1. The van der Waals surface area contributed by atoms with Crippen LogP contribution in [0.1, 0.15) is 11.1 Å². The van der Waals surface area contributed by atoms with Crippen molar-refractivity contribution in [2.24, 2.45) is 0 Å². The standard InChI is InChI=1S/C14H14BrNO2S/c15-10-12-5-4-6-13(9-12)11-16-19(17,18)14-7-2-1-3-8-14/h1-9,16H,10-11H2. The Kier molecular flexibility index (Phi) is 4.74. The monoisotopic (exact) mass is 339 g/mol. The van der Waals surface area contributed by atoms with E-state index < -0.39 is 10.0 Å². The van der Waals surface area contributed by atoms with E-state index in [1.807, 2.05) is 24.3 Å². The van der Waals surface area contributed by atoms with Crippen LogP contribution in [0.3, 0.4) is 0 Å². The van der Waals surface area contributed by atoms with Crippen LogP contribution in [0.15, 0.2) is 59.5 Å². The largest absolute Gasteiger partial charge is 0.240 e. The Morgan fingerprint density at radius 2 is 1.63 bits per heavy atom. The van der Waals surface area contributed by atoms with Gasteiger partial charge in [-0.15, -0.1) is 0 Å². The highest BCUT2D eigenvalue weighted by molar-refractivity contribution is 9.08. The van der Waals surface area contributed by atoms with Gasteiger partial charge in [0.1, 0.15) is 0 Å². The van der Waals surface area contributed by atoms with Gasteiger partial charge in [-0.1, -0.05) is 58.4 Å². The van der Waals surface area contributed by atoms with Gasteiger partial charge in [-0.25, -0.2) is 13.1 Å². The minimum Gasteiger partial charge on any atom is -0.207 e. The number of halogens is 1. The van der Waals surface area contributed by atoms with E-state index in [9.17, 15) is 8.42 Å². The van der Waals surface area contributed by atoms with Gasteiger partial charge in [0.15, 0.2) is 0 Å². The van der Waals surface area contributed by atoms with E-state index in [0.717, 1.165) is 16.5 Å². The molecule has 0 aliphatic carbocycles. The molecule has 0 radical (unpaired) electrons.